The molecule has 0 radical (unpaired) electrons. The standard InChI is InChI=1S/C7H12N2O2/c10-7(11)1-4-9-5-2-8-3-6-9/h1,4,8H,2-3,5-6H2,(H,10,11). The Morgan fingerprint density at radius 3 is 2.64 bits per heavy atom. The summed E-state index contributed by atoms with van der Waals surface area (Å²) in [4.78, 5) is 12.1. The second-order valence-corrected chi connectivity index (χ2v) is 2.44. The van der Waals surface area contributed by atoms with Crippen LogP contribution in [0.25, 0.3) is 0 Å². The molecule has 1 fully saturated rings. The highest BCUT2D eigenvalue weighted by atomic mass is 16.4. The van der Waals surface area contributed by atoms with Gasteiger partial charge in [0.05, 0.1) is 0 Å². The predicted molar refractivity (Wildman–Crippen MR) is 41.2 cm³/mol. The van der Waals surface area contributed by atoms with Crippen molar-refractivity contribution in [3.05, 3.63) is 12.3 Å². The lowest BCUT2D eigenvalue weighted by atomic mass is 10.4. The Morgan fingerprint density at radius 2 is 2.09 bits per heavy atom. The summed E-state index contributed by atoms with van der Waals surface area (Å²) in [6.45, 7) is 3.65. The number of rotatable bonds is 2. The molecule has 1 rings (SSSR count). The highest BCUT2D eigenvalue weighted by Crippen LogP contribution is 1.92. The first kappa shape index (κ1) is 8.07. The first-order valence-electron chi connectivity index (χ1n) is 3.65. The third-order valence-electron chi connectivity index (χ3n) is 1.58. The van der Waals surface area contributed by atoms with Crippen molar-refractivity contribution in [2.24, 2.45) is 0 Å². The molecular weight excluding hydrogens is 144 g/mol. The average Bonchev–Trinajstić information content (AvgIpc) is 2.03. The molecule has 2 N–H and O–H groups in total. The molecule has 0 unspecified atom stereocenters. The van der Waals surface area contributed by atoms with E-state index in [-0.39, 0.29) is 0 Å². The Hall–Kier alpha value is -1.03. The number of nitrogens with one attached hydrogen (secondary N) is 1. The summed E-state index contributed by atoms with van der Waals surface area (Å²) in [6, 6.07) is 0. The largest absolute Gasteiger partial charge is 0.478 e. The second-order valence-electron chi connectivity index (χ2n) is 2.44. The summed E-state index contributed by atoms with van der Waals surface area (Å²) >= 11 is 0. The van der Waals surface area contributed by atoms with Crippen molar-refractivity contribution in [2.45, 2.75) is 0 Å². The van der Waals surface area contributed by atoms with E-state index in [4.69, 9.17) is 5.11 Å². The van der Waals surface area contributed by atoms with Crippen LogP contribution < -0.4 is 5.32 Å². The molecule has 4 nitrogen and oxygen atoms in total. The zero-order valence-corrected chi connectivity index (χ0v) is 6.29. The van der Waals surface area contributed by atoms with Crippen LogP contribution in [0.2, 0.25) is 0 Å². The maximum Gasteiger partial charge on any atom is 0.329 e. The predicted octanol–water partition coefficient (Wildman–Crippen LogP) is -0.510. The molecule has 0 aromatic carbocycles. The summed E-state index contributed by atoms with van der Waals surface area (Å²) in [6.07, 6.45) is 2.80. The van der Waals surface area contributed by atoms with Crippen molar-refractivity contribution in [2.75, 3.05) is 26.2 Å². The Bertz CT molecular complexity index is 162. The zero-order chi connectivity index (χ0) is 8.10. The summed E-state index contributed by atoms with van der Waals surface area (Å²) < 4.78 is 0. The van der Waals surface area contributed by atoms with E-state index in [1.807, 2.05) is 4.90 Å². The normalized spacial score (nSPS) is 19.1. The van der Waals surface area contributed by atoms with Gasteiger partial charge in [0.1, 0.15) is 0 Å². The number of piperazine rings is 1. The minimum absolute atomic E-state index is 0.886. The van der Waals surface area contributed by atoms with E-state index in [2.05, 4.69) is 5.32 Å². The topological polar surface area (TPSA) is 52.6 Å². The number of carboxylic acid groups (broad SMARTS) is 1. The van der Waals surface area contributed by atoms with E-state index < -0.39 is 5.97 Å². The number of hydrogen-bond donors (Lipinski definition) is 2. The lowest BCUT2D eigenvalue weighted by molar-refractivity contribution is -0.131. The minimum atomic E-state index is -0.886. The average molecular weight is 156 g/mol. The Morgan fingerprint density at radius 1 is 1.45 bits per heavy atom. The summed E-state index contributed by atoms with van der Waals surface area (Å²) in [5.74, 6) is -0.886. The van der Waals surface area contributed by atoms with Crippen LogP contribution in [0.3, 0.4) is 0 Å². The molecule has 0 saturated carbocycles. The van der Waals surface area contributed by atoms with Gasteiger partial charge in [-0.2, -0.15) is 0 Å². The molecule has 1 heterocycles. The number of hydrogen-bond acceptors (Lipinski definition) is 3. The summed E-state index contributed by atoms with van der Waals surface area (Å²) in [5.41, 5.74) is 0. The maximum absolute atomic E-state index is 10.1. The van der Waals surface area contributed by atoms with Gasteiger partial charge in [-0.3, -0.25) is 0 Å². The van der Waals surface area contributed by atoms with Crippen LogP contribution in [-0.2, 0) is 4.79 Å². The van der Waals surface area contributed by atoms with Crippen LogP contribution in [0.4, 0.5) is 0 Å². The number of carbonyl (C=O) groups is 1. The Labute approximate surface area is 65.5 Å². The molecule has 1 aliphatic rings. The molecule has 62 valence electrons. The van der Waals surface area contributed by atoms with E-state index >= 15 is 0 Å². The molecule has 0 aromatic rings. The molecule has 11 heavy (non-hydrogen) atoms. The fourth-order valence-electron chi connectivity index (χ4n) is 1.00. The maximum atomic E-state index is 10.1. The van der Waals surface area contributed by atoms with Crippen molar-refractivity contribution in [1.29, 1.82) is 0 Å². The van der Waals surface area contributed by atoms with Crippen molar-refractivity contribution >= 4 is 5.97 Å². The van der Waals surface area contributed by atoms with Gasteiger partial charge in [0.2, 0.25) is 0 Å². The molecular formula is C7H12N2O2. The Balaban J connectivity index is 2.29. The molecule has 0 bridgehead atoms. The van der Waals surface area contributed by atoms with Crippen molar-refractivity contribution in [3.8, 4) is 0 Å². The first-order valence-corrected chi connectivity index (χ1v) is 3.65. The number of aliphatic carboxylic acids is 1. The third-order valence-corrected chi connectivity index (χ3v) is 1.58. The van der Waals surface area contributed by atoms with E-state index in [1.165, 1.54) is 6.08 Å². The van der Waals surface area contributed by atoms with E-state index in [9.17, 15) is 4.79 Å². The van der Waals surface area contributed by atoms with E-state index in [1.54, 1.807) is 6.20 Å². The lowest BCUT2D eigenvalue weighted by Crippen LogP contribution is -2.40. The molecule has 0 spiro atoms. The van der Waals surface area contributed by atoms with Crippen molar-refractivity contribution in [1.82, 2.24) is 10.2 Å². The van der Waals surface area contributed by atoms with Gasteiger partial charge in [-0.25, -0.2) is 4.79 Å². The highest BCUT2D eigenvalue weighted by molar-refractivity contribution is 5.79. The second kappa shape index (κ2) is 3.98. The van der Waals surface area contributed by atoms with Gasteiger partial charge < -0.3 is 15.3 Å². The van der Waals surface area contributed by atoms with Gasteiger partial charge in [-0.15, -0.1) is 0 Å². The monoisotopic (exact) mass is 156 g/mol. The van der Waals surface area contributed by atoms with Crippen LogP contribution in [0.5, 0.6) is 0 Å². The van der Waals surface area contributed by atoms with Crippen LogP contribution in [0.1, 0.15) is 0 Å². The van der Waals surface area contributed by atoms with Gasteiger partial charge in [0, 0.05) is 38.5 Å². The quantitative estimate of drug-likeness (QED) is 0.529. The number of nitrogens with zero attached hydrogens (tertiary/aromatic N) is 1. The smallest absolute Gasteiger partial charge is 0.329 e. The van der Waals surface area contributed by atoms with E-state index in [0.29, 0.717) is 0 Å². The van der Waals surface area contributed by atoms with E-state index in [0.717, 1.165) is 26.2 Å². The highest BCUT2D eigenvalue weighted by Gasteiger charge is 2.03. The molecule has 1 aliphatic heterocycles. The summed E-state index contributed by atoms with van der Waals surface area (Å²) in [5, 5.41) is 11.5. The minimum Gasteiger partial charge on any atom is -0.478 e. The first-order chi connectivity index (χ1) is 5.29. The van der Waals surface area contributed by atoms with Crippen LogP contribution in [0.15, 0.2) is 12.3 Å². The molecule has 0 atom stereocenters. The fraction of sp³-hybridized carbons (Fsp3) is 0.571. The SMILES string of the molecule is O=C(O)C=CN1CCNCC1. The Kier molecular flexibility index (Phi) is 2.92. The van der Waals surface area contributed by atoms with Gasteiger partial charge >= 0.3 is 5.97 Å². The molecule has 0 aliphatic carbocycles. The number of carboxylic acids is 1. The molecule has 1 saturated heterocycles. The third kappa shape index (κ3) is 3.04. The van der Waals surface area contributed by atoms with Crippen LogP contribution in [0, 0.1) is 0 Å². The molecule has 4 heteroatoms. The van der Waals surface area contributed by atoms with Crippen molar-refractivity contribution < 1.29 is 9.90 Å². The zero-order valence-electron chi connectivity index (χ0n) is 6.29. The molecule has 0 amide bonds. The van der Waals surface area contributed by atoms with Crippen LogP contribution in [-0.4, -0.2) is 42.2 Å². The van der Waals surface area contributed by atoms with Crippen molar-refractivity contribution in [3.63, 3.8) is 0 Å². The van der Waals surface area contributed by atoms with Gasteiger partial charge in [-0.1, -0.05) is 0 Å². The fourth-order valence-corrected chi connectivity index (χ4v) is 1.00. The van der Waals surface area contributed by atoms with Gasteiger partial charge in [0.25, 0.3) is 0 Å². The van der Waals surface area contributed by atoms with Gasteiger partial charge in [-0.05, 0) is 0 Å². The van der Waals surface area contributed by atoms with Gasteiger partial charge in [0.15, 0.2) is 0 Å². The van der Waals surface area contributed by atoms with Crippen LogP contribution >= 0.6 is 0 Å². The summed E-state index contributed by atoms with van der Waals surface area (Å²) in [7, 11) is 0. The molecule has 0 aromatic heterocycles. The lowest BCUT2D eigenvalue weighted by Gasteiger charge is -2.25.